The van der Waals surface area contributed by atoms with Crippen LogP contribution in [-0.2, 0) is 24.8 Å². The van der Waals surface area contributed by atoms with Gasteiger partial charge in [0.15, 0.2) is 5.82 Å². The van der Waals surface area contributed by atoms with Crippen LogP contribution in [0.15, 0.2) is 36.4 Å². The van der Waals surface area contributed by atoms with Gasteiger partial charge in [-0.05, 0) is 57.2 Å². The minimum atomic E-state index is 0.686. The molecule has 1 aliphatic heterocycles. The number of hydrogen-bond donors (Lipinski definition) is 0. The number of hydrogen-bond acceptors (Lipinski definition) is 4. The van der Waals surface area contributed by atoms with Crippen LogP contribution in [0, 0.1) is 27.7 Å². The van der Waals surface area contributed by atoms with Crippen molar-refractivity contribution in [2.45, 2.75) is 47.1 Å². The average Bonchev–Trinajstić information content (AvgIpc) is 3.08. The number of benzene rings is 2. The number of fused-ring (bicyclic) bond motifs is 1. The topological polar surface area (TPSA) is 33.5 Å². The molecular weight excluding hydrogens is 396 g/mol. The van der Waals surface area contributed by atoms with E-state index in [1.54, 1.807) is 7.11 Å². The van der Waals surface area contributed by atoms with Crippen molar-refractivity contribution in [3.63, 3.8) is 0 Å². The molecule has 0 bridgehead atoms. The highest BCUT2D eigenvalue weighted by molar-refractivity contribution is 5.74. The van der Waals surface area contributed by atoms with Gasteiger partial charge in [0, 0.05) is 45.0 Å². The summed E-state index contributed by atoms with van der Waals surface area (Å²) < 4.78 is 7.54. The molecule has 4 rings (SSSR count). The zero-order chi connectivity index (χ0) is 22.8. The fourth-order valence-electron chi connectivity index (χ4n) is 5.09. The summed E-state index contributed by atoms with van der Waals surface area (Å²) in [6.07, 6.45) is 2.18. The summed E-state index contributed by atoms with van der Waals surface area (Å²) in [6, 6.07) is 13.4. The van der Waals surface area contributed by atoms with Gasteiger partial charge in [0.2, 0.25) is 0 Å². The number of methoxy groups -OCH3 is 1. The van der Waals surface area contributed by atoms with Gasteiger partial charge in [-0.2, -0.15) is 5.10 Å². The van der Waals surface area contributed by atoms with E-state index in [9.17, 15) is 0 Å². The van der Waals surface area contributed by atoms with E-state index in [-0.39, 0.29) is 0 Å². The number of aromatic nitrogens is 2. The Kier molecular flexibility index (Phi) is 6.56. The van der Waals surface area contributed by atoms with E-state index < -0.39 is 0 Å². The number of nitrogens with zero attached hydrogens (tertiary/aromatic N) is 4. The van der Waals surface area contributed by atoms with Crippen LogP contribution in [0.25, 0.3) is 0 Å². The third-order valence-electron chi connectivity index (χ3n) is 6.42. The minimum absolute atomic E-state index is 0.686. The normalized spacial score (nSPS) is 13.4. The van der Waals surface area contributed by atoms with Crippen LogP contribution in [0.3, 0.4) is 0 Å². The molecule has 1 aliphatic rings. The quantitative estimate of drug-likeness (QED) is 0.501. The monoisotopic (exact) mass is 432 g/mol. The van der Waals surface area contributed by atoms with E-state index >= 15 is 0 Å². The number of ether oxygens (including phenoxy) is 1. The van der Waals surface area contributed by atoms with Gasteiger partial charge in [0.25, 0.3) is 0 Å². The molecule has 0 atom stereocenters. The second-order valence-electron chi connectivity index (χ2n) is 9.15. The summed E-state index contributed by atoms with van der Waals surface area (Å²) >= 11 is 0. The van der Waals surface area contributed by atoms with Crippen LogP contribution in [0.5, 0.6) is 0 Å². The van der Waals surface area contributed by atoms with Crippen LogP contribution in [-0.4, -0.2) is 36.6 Å². The fraction of sp³-hybridized carbons (Fsp3) is 0.444. The van der Waals surface area contributed by atoms with Crippen molar-refractivity contribution in [3.05, 3.63) is 69.8 Å². The molecule has 0 spiro atoms. The molecule has 2 aromatic carbocycles. The average molecular weight is 433 g/mol. The third-order valence-corrected chi connectivity index (χ3v) is 6.42. The summed E-state index contributed by atoms with van der Waals surface area (Å²) in [5.41, 5.74) is 9.20. The Bertz CT molecular complexity index is 1060. The van der Waals surface area contributed by atoms with E-state index in [0.29, 0.717) is 6.61 Å². The zero-order valence-electron chi connectivity index (χ0n) is 20.4. The Morgan fingerprint density at radius 3 is 2.34 bits per heavy atom. The Hall–Kier alpha value is -2.79. The van der Waals surface area contributed by atoms with E-state index in [1.165, 1.54) is 44.9 Å². The molecule has 0 saturated heterocycles. The first-order valence-corrected chi connectivity index (χ1v) is 11.6. The highest BCUT2D eigenvalue weighted by atomic mass is 16.5. The molecule has 5 nitrogen and oxygen atoms in total. The van der Waals surface area contributed by atoms with E-state index in [2.05, 4.69) is 85.6 Å². The maximum atomic E-state index is 5.46. The Morgan fingerprint density at radius 2 is 1.69 bits per heavy atom. The molecular formula is C27H36N4O. The smallest absolute Gasteiger partial charge is 0.160 e. The lowest BCUT2D eigenvalue weighted by atomic mass is 10.00. The molecule has 5 heteroatoms. The van der Waals surface area contributed by atoms with E-state index in [1.807, 2.05) is 0 Å². The summed E-state index contributed by atoms with van der Waals surface area (Å²) in [5.74, 6) is 2.32. The lowest BCUT2D eigenvalue weighted by molar-refractivity contribution is 0.204. The van der Waals surface area contributed by atoms with Gasteiger partial charge in [-0.15, -0.1) is 0 Å². The van der Waals surface area contributed by atoms with Gasteiger partial charge >= 0.3 is 0 Å². The SMILES string of the molecule is COCCN(Cc1ccc(C)cc1)c1c2c(nn1C)N(c1c(C)cc(C)cc1C)CCC2. The predicted molar refractivity (Wildman–Crippen MR) is 133 cm³/mol. The predicted octanol–water partition coefficient (Wildman–Crippen LogP) is 5.39. The fourth-order valence-corrected chi connectivity index (χ4v) is 5.09. The van der Waals surface area contributed by atoms with Gasteiger partial charge in [0.1, 0.15) is 5.82 Å². The molecule has 2 heterocycles. The van der Waals surface area contributed by atoms with Crippen LogP contribution in [0.1, 0.15) is 39.8 Å². The number of rotatable bonds is 7. The second kappa shape index (κ2) is 9.37. The molecule has 1 aromatic heterocycles. The van der Waals surface area contributed by atoms with Crippen LogP contribution in [0.4, 0.5) is 17.3 Å². The zero-order valence-corrected chi connectivity index (χ0v) is 20.4. The highest BCUT2D eigenvalue weighted by Crippen LogP contribution is 2.41. The lowest BCUT2D eigenvalue weighted by Crippen LogP contribution is -2.30. The molecule has 3 aromatic rings. The highest BCUT2D eigenvalue weighted by Gasteiger charge is 2.30. The van der Waals surface area contributed by atoms with Gasteiger partial charge in [-0.1, -0.05) is 47.5 Å². The summed E-state index contributed by atoms with van der Waals surface area (Å²) in [7, 11) is 3.85. The summed E-state index contributed by atoms with van der Waals surface area (Å²) in [4.78, 5) is 4.87. The molecule has 32 heavy (non-hydrogen) atoms. The van der Waals surface area contributed by atoms with Gasteiger partial charge < -0.3 is 14.5 Å². The molecule has 0 aliphatic carbocycles. The summed E-state index contributed by atoms with van der Waals surface area (Å²) in [5, 5.41) is 5.06. The molecule has 0 fully saturated rings. The standard InChI is InChI=1S/C27H36N4O/c1-19-9-11-23(12-10-19)18-30(14-15-32-6)27-24-8-7-13-31(26(24)28-29(27)5)25-21(3)16-20(2)17-22(25)4/h9-12,16-17H,7-8,13-15,18H2,1-6H3. The van der Waals surface area contributed by atoms with Crippen LogP contribution < -0.4 is 9.80 Å². The lowest BCUT2D eigenvalue weighted by Gasteiger charge is -2.32. The van der Waals surface area contributed by atoms with Gasteiger partial charge in [0.05, 0.1) is 6.61 Å². The van der Waals surface area contributed by atoms with Gasteiger partial charge in [-0.3, -0.25) is 4.68 Å². The van der Waals surface area contributed by atoms with E-state index in [4.69, 9.17) is 9.84 Å². The second-order valence-corrected chi connectivity index (χ2v) is 9.15. The largest absolute Gasteiger partial charge is 0.383 e. The number of anilines is 3. The molecule has 0 radical (unpaired) electrons. The molecule has 0 unspecified atom stereocenters. The first-order valence-electron chi connectivity index (χ1n) is 11.6. The van der Waals surface area contributed by atoms with Crippen LogP contribution in [0.2, 0.25) is 0 Å². The Balaban J connectivity index is 1.74. The van der Waals surface area contributed by atoms with Crippen molar-refractivity contribution < 1.29 is 4.74 Å². The van der Waals surface area contributed by atoms with Gasteiger partial charge in [-0.25, -0.2) is 0 Å². The van der Waals surface area contributed by atoms with Crippen molar-refractivity contribution in [2.75, 3.05) is 36.6 Å². The van der Waals surface area contributed by atoms with Crippen molar-refractivity contribution in [1.29, 1.82) is 0 Å². The molecule has 0 N–H and O–H groups in total. The molecule has 0 amide bonds. The van der Waals surface area contributed by atoms with Crippen molar-refractivity contribution in [1.82, 2.24) is 9.78 Å². The maximum absolute atomic E-state index is 5.46. The Labute approximate surface area is 192 Å². The maximum Gasteiger partial charge on any atom is 0.160 e. The molecule has 0 saturated carbocycles. The van der Waals surface area contributed by atoms with Crippen molar-refractivity contribution in [2.24, 2.45) is 7.05 Å². The third kappa shape index (κ3) is 4.40. The van der Waals surface area contributed by atoms with Crippen molar-refractivity contribution in [3.8, 4) is 0 Å². The van der Waals surface area contributed by atoms with E-state index in [0.717, 1.165) is 38.3 Å². The molecule has 170 valence electrons. The van der Waals surface area contributed by atoms with Crippen LogP contribution >= 0.6 is 0 Å². The minimum Gasteiger partial charge on any atom is -0.383 e. The van der Waals surface area contributed by atoms with Crippen molar-refractivity contribution >= 4 is 17.3 Å². The Morgan fingerprint density at radius 1 is 1.00 bits per heavy atom. The number of aryl methyl sites for hydroxylation is 5. The summed E-state index contributed by atoms with van der Waals surface area (Å²) in [6.45, 7) is 12.1. The first kappa shape index (κ1) is 22.4. The first-order chi connectivity index (χ1) is 15.4.